The summed E-state index contributed by atoms with van der Waals surface area (Å²) in [6.45, 7) is 0. The first-order valence-electron chi connectivity index (χ1n) is 10.1. The van der Waals surface area contributed by atoms with E-state index < -0.39 is 58.0 Å². The van der Waals surface area contributed by atoms with Crippen LogP contribution in [0.5, 0.6) is 5.75 Å². The van der Waals surface area contributed by atoms with Gasteiger partial charge in [0.05, 0.1) is 11.6 Å². The first-order valence-corrected chi connectivity index (χ1v) is 10.1. The van der Waals surface area contributed by atoms with Gasteiger partial charge in [-0.05, 0) is 50.6 Å². The zero-order valence-electron chi connectivity index (χ0n) is 17.8. The summed E-state index contributed by atoms with van der Waals surface area (Å²) in [4.78, 5) is 40.0. The van der Waals surface area contributed by atoms with Gasteiger partial charge < -0.3 is 31.5 Å². The number of phenols is 1. The summed E-state index contributed by atoms with van der Waals surface area (Å²) >= 11 is 0. The Morgan fingerprint density at radius 1 is 1.22 bits per heavy atom. The molecule has 0 aliphatic heterocycles. The number of likely N-dealkylation sites (N-methyl/N-ethyl adjacent to an activating group) is 1. The molecule has 0 radical (unpaired) electrons. The zero-order chi connectivity index (χ0) is 23.7. The van der Waals surface area contributed by atoms with Gasteiger partial charge in [0.2, 0.25) is 5.78 Å². The van der Waals surface area contributed by atoms with Crippen molar-refractivity contribution in [3.8, 4) is 5.75 Å². The molecule has 0 saturated heterocycles. The maximum Gasteiger partial charge on any atom is 0.255 e. The van der Waals surface area contributed by atoms with E-state index in [0.29, 0.717) is 11.3 Å². The van der Waals surface area contributed by atoms with Crippen LogP contribution in [-0.2, 0) is 20.8 Å². The standard InChI is InChI=1S/C22H25N3O7/c1-24-11-4-5-12(26)14-9(11)6-8-7-10-16(25(2)3)18(28)15(21(23)31)20(30)22(10,32)19(29)13(8)17(14)27/h4-5,8,10,16,24,26-27,30,32H,6-7H2,1-3H3,(H2,23,31)/t8-,10-,16-,22-/m1/s1. The van der Waals surface area contributed by atoms with Gasteiger partial charge in [-0.2, -0.15) is 0 Å². The number of benzene rings is 1. The molecule has 32 heavy (non-hydrogen) atoms. The molecule has 0 unspecified atom stereocenters. The molecule has 10 nitrogen and oxygen atoms in total. The van der Waals surface area contributed by atoms with E-state index in [1.807, 2.05) is 0 Å². The summed E-state index contributed by atoms with van der Waals surface area (Å²) in [5.74, 6) is -6.58. The minimum absolute atomic E-state index is 0.0601. The van der Waals surface area contributed by atoms with Crippen molar-refractivity contribution in [1.29, 1.82) is 0 Å². The summed E-state index contributed by atoms with van der Waals surface area (Å²) in [7, 11) is 4.80. The minimum Gasteiger partial charge on any atom is -0.508 e. The number of nitrogens with two attached hydrogens (primary N) is 1. The molecule has 0 bridgehead atoms. The average Bonchev–Trinajstić information content (AvgIpc) is 2.70. The number of anilines is 1. The Kier molecular flexibility index (Phi) is 4.83. The highest BCUT2D eigenvalue weighted by Crippen LogP contribution is 2.53. The van der Waals surface area contributed by atoms with E-state index in [4.69, 9.17) is 5.73 Å². The van der Waals surface area contributed by atoms with Gasteiger partial charge in [-0.25, -0.2) is 0 Å². The lowest BCUT2D eigenvalue weighted by molar-refractivity contribution is -0.153. The van der Waals surface area contributed by atoms with Gasteiger partial charge >= 0.3 is 0 Å². The van der Waals surface area contributed by atoms with E-state index in [1.165, 1.54) is 11.0 Å². The summed E-state index contributed by atoms with van der Waals surface area (Å²) in [5, 5.41) is 46.6. The number of carbonyl (C=O) groups is 3. The van der Waals surface area contributed by atoms with Crippen LogP contribution in [0, 0.1) is 11.8 Å². The summed E-state index contributed by atoms with van der Waals surface area (Å²) < 4.78 is 0. The Balaban J connectivity index is 1.99. The van der Waals surface area contributed by atoms with Gasteiger partial charge in [0.15, 0.2) is 11.4 Å². The number of Topliss-reactive ketones (excluding diaryl/α,β-unsaturated/α-hetero) is 2. The maximum atomic E-state index is 13.6. The maximum absolute atomic E-state index is 13.6. The van der Waals surface area contributed by atoms with Crippen molar-refractivity contribution in [2.24, 2.45) is 17.6 Å². The monoisotopic (exact) mass is 443 g/mol. The van der Waals surface area contributed by atoms with E-state index in [0.717, 1.165) is 0 Å². The van der Waals surface area contributed by atoms with E-state index in [9.17, 15) is 34.8 Å². The molecule has 4 rings (SSSR count). The first kappa shape index (κ1) is 21.8. The van der Waals surface area contributed by atoms with Crippen LogP contribution in [0.4, 0.5) is 5.69 Å². The summed E-state index contributed by atoms with van der Waals surface area (Å²) in [6.07, 6.45) is 0.309. The van der Waals surface area contributed by atoms with Crippen LogP contribution in [0.15, 0.2) is 29.0 Å². The molecule has 1 amide bonds. The predicted molar refractivity (Wildman–Crippen MR) is 114 cm³/mol. The highest BCUT2D eigenvalue weighted by molar-refractivity contribution is 6.24. The van der Waals surface area contributed by atoms with Crippen LogP contribution in [0.2, 0.25) is 0 Å². The molecule has 1 aromatic rings. The van der Waals surface area contributed by atoms with Crippen LogP contribution in [0.1, 0.15) is 17.5 Å². The Hall–Kier alpha value is -3.37. The Bertz CT molecular complexity index is 1140. The second-order valence-corrected chi connectivity index (χ2v) is 8.70. The number of rotatable bonds is 3. The average molecular weight is 443 g/mol. The number of fused-ring (bicyclic) bond motifs is 3. The number of hydrogen-bond acceptors (Lipinski definition) is 9. The van der Waals surface area contributed by atoms with Crippen molar-refractivity contribution in [2.75, 3.05) is 26.5 Å². The smallest absolute Gasteiger partial charge is 0.255 e. The third kappa shape index (κ3) is 2.63. The van der Waals surface area contributed by atoms with Gasteiger partial charge in [-0.1, -0.05) is 0 Å². The molecule has 0 heterocycles. The number of aromatic hydroxyl groups is 1. The molecular formula is C22H25N3O7. The van der Waals surface area contributed by atoms with Gasteiger partial charge in [0, 0.05) is 24.2 Å². The normalized spacial score (nSPS) is 29.6. The van der Waals surface area contributed by atoms with Crippen LogP contribution < -0.4 is 11.1 Å². The van der Waals surface area contributed by atoms with Gasteiger partial charge in [-0.3, -0.25) is 19.3 Å². The SMILES string of the molecule is CNc1ccc(O)c2c1C[C@@H]1C[C@@H]3[C@@H](N(C)C)C(=O)C(C(N)=O)=C(O)[C@]3(O)C(=O)C1=C2O. The Morgan fingerprint density at radius 2 is 1.88 bits per heavy atom. The van der Waals surface area contributed by atoms with Crippen molar-refractivity contribution < 1.29 is 34.8 Å². The quantitative estimate of drug-likeness (QED) is 0.278. The number of primary amides is 1. The number of nitrogens with zero attached hydrogens (tertiary/aromatic N) is 1. The second-order valence-electron chi connectivity index (χ2n) is 8.70. The number of aliphatic hydroxyl groups is 3. The molecule has 3 aliphatic carbocycles. The predicted octanol–water partition coefficient (Wildman–Crippen LogP) is 0.00570. The molecule has 7 N–H and O–H groups in total. The fraction of sp³-hybridized carbons (Fsp3) is 0.409. The van der Waals surface area contributed by atoms with Crippen molar-refractivity contribution in [1.82, 2.24) is 4.90 Å². The lowest BCUT2D eigenvalue weighted by atomic mass is 9.57. The van der Waals surface area contributed by atoms with E-state index in [2.05, 4.69) is 5.32 Å². The highest BCUT2D eigenvalue weighted by atomic mass is 16.3. The molecular weight excluding hydrogens is 418 g/mol. The lowest BCUT2D eigenvalue weighted by Crippen LogP contribution is -2.65. The van der Waals surface area contributed by atoms with Crippen LogP contribution in [-0.4, -0.2) is 75.6 Å². The lowest BCUT2D eigenvalue weighted by Gasteiger charge is -2.50. The molecule has 0 spiro atoms. The number of nitrogens with one attached hydrogen (secondary N) is 1. The van der Waals surface area contributed by atoms with Crippen LogP contribution in [0.25, 0.3) is 5.76 Å². The number of hydrogen-bond donors (Lipinski definition) is 6. The molecule has 0 aromatic heterocycles. The number of amides is 1. The van der Waals surface area contributed by atoms with Crippen molar-refractivity contribution in [2.45, 2.75) is 24.5 Å². The molecule has 1 saturated carbocycles. The van der Waals surface area contributed by atoms with Crippen LogP contribution >= 0.6 is 0 Å². The van der Waals surface area contributed by atoms with Gasteiger partial charge in [-0.15, -0.1) is 0 Å². The Morgan fingerprint density at radius 3 is 2.44 bits per heavy atom. The topological polar surface area (TPSA) is 173 Å². The van der Waals surface area contributed by atoms with Gasteiger partial charge in [0.1, 0.15) is 22.8 Å². The number of carbonyl (C=O) groups excluding carboxylic acids is 3. The fourth-order valence-electron chi connectivity index (χ4n) is 5.48. The number of phenolic OH excluding ortho intramolecular Hbond substituents is 1. The number of ketones is 2. The number of aliphatic hydroxyl groups excluding tert-OH is 2. The molecule has 1 aromatic carbocycles. The highest BCUT2D eigenvalue weighted by Gasteiger charge is 2.64. The molecule has 10 heteroatoms. The summed E-state index contributed by atoms with van der Waals surface area (Å²) in [6, 6.07) is 1.92. The van der Waals surface area contributed by atoms with Crippen molar-refractivity contribution in [3.63, 3.8) is 0 Å². The third-order valence-electron chi connectivity index (χ3n) is 6.87. The molecule has 3 aliphatic rings. The minimum atomic E-state index is -2.62. The third-order valence-corrected chi connectivity index (χ3v) is 6.87. The fourth-order valence-corrected chi connectivity index (χ4v) is 5.48. The second kappa shape index (κ2) is 7.07. The first-order chi connectivity index (χ1) is 15.0. The molecule has 4 atom stereocenters. The molecule has 170 valence electrons. The van der Waals surface area contributed by atoms with E-state index >= 15 is 0 Å². The van der Waals surface area contributed by atoms with E-state index in [1.54, 1.807) is 27.2 Å². The molecule has 1 fully saturated rings. The van der Waals surface area contributed by atoms with Gasteiger partial charge in [0.25, 0.3) is 5.91 Å². The van der Waals surface area contributed by atoms with Crippen molar-refractivity contribution >= 4 is 28.9 Å². The zero-order valence-corrected chi connectivity index (χ0v) is 17.8. The largest absolute Gasteiger partial charge is 0.508 e. The Labute approximate surface area is 183 Å². The van der Waals surface area contributed by atoms with E-state index in [-0.39, 0.29) is 29.7 Å². The van der Waals surface area contributed by atoms with Crippen LogP contribution in [0.3, 0.4) is 0 Å². The summed E-state index contributed by atoms with van der Waals surface area (Å²) in [5.41, 5.74) is 2.98. The van der Waals surface area contributed by atoms with Crippen molar-refractivity contribution in [3.05, 3.63) is 40.2 Å².